The van der Waals surface area contributed by atoms with Gasteiger partial charge in [-0.1, -0.05) is 25.1 Å². The van der Waals surface area contributed by atoms with E-state index in [2.05, 4.69) is 65.8 Å². The van der Waals surface area contributed by atoms with Gasteiger partial charge in [0.25, 0.3) is 0 Å². The highest BCUT2D eigenvalue weighted by Gasteiger charge is 2.25. The number of anilines is 2. The van der Waals surface area contributed by atoms with Crippen LogP contribution in [0.3, 0.4) is 0 Å². The zero-order valence-electron chi connectivity index (χ0n) is 16.1. The molecule has 4 nitrogen and oxygen atoms in total. The number of para-hydroxylation sites is 2. The van der Waals surface area contributed by atoms with Crippen molar-refractivity contribution in [2.75, 3.05) is 5.32 Å². The van der Waals surface area contributed by atoms with Gasteiger partial charge in [0.05, 0.1) is 5.69 Å². The van der Waals surface area contributed by atoms with Crippen LogP contribution in [0.2, 0.25) is 0 Å². The Balaban J connectivity index is 2.10. The van der Waals surface area contributed by atoms with Gasteiger partial charge >= 0.3 is 0 Å². The number of pyridine rings is 1. The van der Waals surface area contributed by atoms with E-state index < -0.39 is 0 Å². The number of aryl methyl sites for hydroxylation is 2. The van der Waals surface area contributed by atoms with Crippen LogP contribution in [-0.2, 0) is 6.42 Å². The monoisotopic (exact) mass is 355 g/mol. The van der Waals surface area contributed by atoms with E-state index in [-0.39, 0.29) is 0 Å². The van der Waals surface area contributed by atoms with Crippen molar-refractivity contribution < 1.29 is 4.40 Å². The number of rotatable bonds is 3. The van der Waals surface area contributed by atoms with Crippen molar-refractivity contribution in [3.8, 4) is 6.07 Å². The molecule has 4 heteroatoms. The molecule has 2 aromatic heterocycles. The lowest BCUT2D eigenvalue weighted by atomic mass is 10.0. The number of nitrogens with one attached hydrogen (secondary N) is 2. The van der Waals surface area contributed by atoms with E-state index in [0.29, 0.717) is 5.56 Å². The molecule has 134 valence electrons. The molecule has 0 aliphatic carbocycles. The SMILES string of the molecule is CCc1c(C)c(C#N)c2[nH]c3ccccc3[n+]2c1Nc1cc(C)cc(C)c1. The topological polar surface area (TPSA) is 55.7 Å². The van der Waals surface area contributed by atoms with Crippen LogP contribution >= 0.6 is 0 Å². The molecule has 2 aromatic carbocycles. The van der Waals surface area contributed by atoms with Gasteiger partial charge in [-0.3, -0.25) is 10.3 Å². The molecule has 0 bridgehead atoms. The molecule has 0 spiro atoms. The molecule has 2 N–H and O–H groups in total. The molecule has 0 saturated heterocycles. The Morgan fingerprint density at radius 1 is 1.07 bits per heavy atom. The van der Waals surface area contributed by atoms with Gasteiger partial charge in [-0.2, -0.15) is 9.66 Å². The van der Waals surface area contributed by atoms with Crippen molar-refractivity contribution in [2.24, 2.45) is 0 Å². The van der Waals surface area contributed by atoms with Crippen LogP contribution in [0.15, 0.2) is 42.5 Å². The van der Waals surface area contributed by atoms with Gasteiger partial charge in [0.2, 0.25) is 11.5 Å². The predicted octanol–water partition coefficient (Wildman–Crippen LogP) is 5.01. The lowest BCUT2D eigenvalue weighted by Crippen LogP contribution is -2.28. The van der Waals surface area contributed by atoms with E-state index in [1.54, 1.807) is 0 Å². The van der Waals surface area contributed by atoms with E-state index in [4.69, 9.17) is 0 Å². The Kier molecular flexibility index (Phi) is 4.08. The number of nitriles is 1. The first-order valence-corrected chi connectivity index (χ1v) is 9.26. The third-order valence-electron chi connectivity index (χ3n) is 5.15. The van der Waals surface area contributed by atoms with E-state index >= 15 is 0 Å². The summed E-state index contributed by atoms with van der Waals surface area (Å²) in [7, 11) is 0. The summed E-state index contributed by atoms with van der Waals surface area (Å²) in [4.78, 5) is 3.44. The summed E-state index contributed by atoms with van der Waals surface area (Å²) in [6.07, 6.45) is 0.843. The summed E-state index contributed by atoms with van der Waals surface area (Å²) in [5.74, 6) is 1.02. The molecule has 0 saturated carbocycles. The van der Waals surface area contributed by atoms with Crippen molar-refractivity contribution >= 4 is 28.2 Å². The molecule has 0 aliphatic heterocycles. The molecule has 4 aromatic rings. The van der Waals surface area contributed by atoms with Gasteiger partial charge in [-0.15, -0.1) is 0 Å². The highest BCUT2D eigenvalue weighted by molar-refractivity contribution is 5.78. The number of nitrogens with zero attached hydrogens (tertiary/aromatic N) is 2. The van der Waals surface area contributed by atoms with Crippen molar-refractivity contribution in [1.82, 2.24) is 4.98 Å². The van der Waals surface area contributed by atoms with E-state index in [9.17, 15) is 5.26 Å². The fourth-order valence-corrected chi connectivity index (χ4v) is 4.01. The molecule has 0 radical (unpaired) electrons. The van der Waals surface area contributed by atoms with Crippen molar-refractivity contribution in [3.05, 3.63) is 70.3 Å². The Hall–Kier alpha value is -3.32. The fourth-order valence-electron chi connectivity index (χ4n) is 4.01. The maximum Gasteiger partial charge on any atom is 0.250 e. The molecule has 0 aliphatic rings. The Morgan fingerprint density at radius 3 is 2.44 bits per heavy atom. The normalized spacial score (nSPS) is 11.1. The second-order valence-electron chi connectivity index (χ2n) is 7.12. The third kappa shape index (κ3) is 2.72. The largest absolute Gasteiger partial charge is 0.273 e. The van der Waals surface area contributed by atoms with Crippen LogP contribution in [0.25, 0.3) is 16.7 Å². The summed E-state index contributed by atoms with van der Waals surface area (Å²) >= 11 is 0. The Bertz CT molecular complexity index is 1200. The van der Waals surface area contributed by atoms with E-state index in [0.717, 1.165) is 45.7 Å². The van der Waals surface area contributed by atoms with Gasteiger partial charge in [0, 0.05) is 5.56 Å². The predicted molar refractivity (Wildman–Crippen MR) is 109 cm³/mol. The summed E-state index contributed by atoms with van der Waals surface area (Å²) in [6.45, 7) is 8.39. The van der Waals surface area contributed by atoms with Crippen LogP contribution in [0, 0.1) is 32.1 Å². The van der Waals surface area contributed by atoms with Gasteiger partial charge in [-0.05, 0) is 68.1 Å². The minimum atomic E-state index is 0.703. The summed E-state index contributed by atoms with van der Waals surface area (Å²) in [6, 6.07) is 17.1. The van der Waals surface area contributed by atoms with Gasteiger partial charge in [0.15, 0.2) is 0 Å². The van der Waals surface area contributed by atoms with E-state index in [1.165, 1.54) is 11.1 Å². The number of aromatic nitrogens is 2. The Labute approximate surface area is 159 Å². The number of imidazole rings is 1. The summed E-state index contributed by atoms with van der Waals surface area (Å²) in [5.41, 5.74) is 9.31. The molecule has 2 heterocycles. The van der Waals surface area contributed by atoms with Crippen molar-refractivity contribution in [3.63, 3.8) is 0 Å². The smallest absolute Gasteiger partial charge is 0.250 e. The lowest BCUT2D eigenvalue weighted by Gasteiger charge is -2.13. The molecular formula is C23H23N4+. The van der Waals surface area contributed by atoms with Crippen molar-refractivity contribution in [1.29, 1.82) is 5.26 Å². The standard InChI is InChI=1S/C23H22N4/c1-5-18-16(4)19(13-24)23-26-20-8-6-7-9-21(20)27(23)22(18)25-17-11-14(2)10-15(3)12-17/h6-12H,5H2,1-4H3,(H,25,26)/p+1. The average Bonchev–Trinajstić information content (AvgIpc) is 3.00. The highest BCUT2D eigenvalue weighted by Crippen LogP contribution is 2.28. The molecule has 0 fully saturated rings. The number of aromatic amines is 1. The third-order valence-corrected chi connectivity index (χ3v) is 5.15. The summed E-state index contributed by atoms with van der Waals surface area (Å²) in [5, 5.41) is 13.5. The number of hydrogen-bond acceptors (Lipinski definition) is 2. The minimum Gasteiger partial charge on any atom is -0.273 e. The van der Waals surface area contributed by atoms with Crippen LogP contribution in [-0.4, -0.2) is 4.98 Å². The molecule has 27 heavy (non-hydrogen) atoms. The van der Waals surface area contributed by atoms with Crippen LogP contribution in [0.5, 0.6) is 0 Å². The Morgan fingerprint density at radius 2 is 1.78 bits per heavy atom. The number of H-pyrrole nitrogens is 1. The molecular weight excluding hydrogens is 332 g/mol. The number of hydrogen-bond donors (Lipinski definition) is 2. The first-order valence-electron chi connectivity index (χ1n) is 9.26. The van der Waals surface area contributed by atoms with Gasteiger partial charge < -0.3 is 0 Å². The van der Waals surface area contributed by atoms with E-state index in [1.807, 2.05) is 25.1 Å². The first-order chi connectivity index (χ1) is 13.0. The number of benzene rings is 2. The maximum atomic E-state index is 9.81. The second-order valence-corrected chi connectivity index (χ2v) is 7.12. The second kappa shape index (κ2) is 6.44. The summed E-state index contributed by atoms with van der Waals surface area (Å²) < 4.78 is 2.15. The van der Waals surface area contributed by atoms with Gasteiger partial charge in [0.1, 0.15) is 22.7 Å². The lowest BCUT2D eigenvalue weighted by molar-refractivity contribution is -0.465. The van der Waals surface area contributed by atoms with Crippen LogP contribution in [0.4, 0.5) is 11.5 Å². The first kappa shape index (κ1) is 17.1. The minimum absolute atomic E-state index is 0.703. The van der Waals surface area contributed by atoms with Crippen molar-refractivity contribution in [2.45, 2.75) is 34.1 Å². The molecule has 0 atom stereocenters. The fraction of sp³-hybridized carbons (Fsp3) is 0.217. The van der Waals surface area contributed by atoms with Crippen LogP contribution < -0.4 is 9.72 Å². The zero-order valence-corrected chi connectivity index (χ0v) is 16.1. The van der Waals surface area contributed by atoms with Crippen LogP contribution in [0.1, 0.15) is 34.7 Å². The number of fused-ring (bicyclic) bond motifs is 3. The highest BCUT2D eigenvalue weighted by atomic mass is 15.1. The quantitative estimate of drug-likeness (QED) is 0.508. The average molecular weight is 355 g/mol. The zero-order chi connectivity index (χ0) is 19.1. The molecule has 0 amide bonds. The molecule has 0 unspecified atom stereocenters. The maximum absolute atomic E-state index is 9.81. The van der Waals surface area contributed by atoms with Gasteiger partial charge in [-0.25, -0.2) is 0 Å². The molecule has 4 rings (SSSR count).